The summed E-state index contributed by atoms with van der Waals surface area (Å²) in [5, 5.41) is 131. The number of nitrogens with two attached hydrogens (primary N) is 2. The van der Waals surface area contributed by atoms with Gasteiger partial charge in [-0.2, -0.15) is 0 Å². The maximum Gasteiger partial charge on any atom is 0.330 e. The third-order valence-corrected chi connectivity index (χ3v) is 18.4. The van der Waals surface area contributed by atoms with Crippen LogP contribution in [0.25, 0.3) is 11.1 Å². The second kappa shape index (κ2) is 30.2. The van der Waals surface area contributed by atoms with Gasteiger partial charge in [0.15, 0.2) is 29.9 Å². The number of benzene rings is 5. The first kappa shape index (κ1) is 74.5. The van der Waals surface area contributed by atoms with Crippen LogP contribution in [0.4, 0.5) is 0 Å². The highest BCUT2D eigenvalue weighted by atomic mass is 35.5. The number of carbonyl (C=O) groups is 8. The Hall–Kier alpha value is -9.20. The average molecular weight is 1450 g/mol. The molecule has 7 aliphatic heterocycles. The zero-order valence-corrected chi connectivity index (χ0v) is 55.8. The first-order valence-corrected chi connectivity index (χ1v) is 32.4. The number of halogens is 2. The Kier molecular flexibility index (Phi) is 22.2. The van der Waals surface area contributed by atoms with Crippen LogP contribution in [0.15, 0.2) is 78.9 Å². The number of aliphatic carboxylic acids is 1. The molecule has 7 amide bonds. The second-order valence-electron chi connectivity index (χ2n) is 25.7. The largest absolute Gasteiger partial charge is 0.508 e. The summed E-state index contributed by atoms with van der Waals surface area (Å²) in [6.07, 6.45) is -18.6. The number of hydrogen-bond acceptors (Lipinski definition) is 25. The quantitative estimate of drug-likeness (QED) is 0.0743. The molecule has 35 heteroatoms. The summed E-state index contributed by atoms with van der Waals surface area (Å²) in [4.78, 5) is 117. The summed E-state index contributed by atoms with van der Waals surface area (Å²) >= 11 is 14.1. The molecule has 2 fully saturated rings. The smallest absolute Gasteiger partial charge is 0.330 e. The molecule has 0 spiro atoms. The Bertz CT molecular complexity index is 4070. The molecule has 6 unspecified atom stereocenters. The summed E-state index contributed by atoms with van der Waals surface area (Å²) in [6, 6.07) is -0.679. The molecule has 101 heavy (non-hydrogen) atoms. The van der Waals surface area contributed by atoms with Gasteiger partial charge in [0.2, 0.25) is 53.4 Å². The molecule has 21 N–H and O–H groups in total. The maximum atomic E-state index is 16.0. The number of phenolic OH excluding ortho intramolecular Hbond substituents is 3. The molecular formula is C66H75Cl2N9O24. The van der Waals surface area contributed by atoms with Crippen LogP contribution in [0.3, 0.4) is 0 Å². The van der Waals surface area contributed by atoms with E-state index in [1.54, 1.807) is 0 Å². The lowest BCUT2D eigenvalue weighted by molar-refractivity contribution is -0.333. The Balaban J connectivity index is 1.24. The molecule has 18 atom stereocenters. The molecule has 2 saturated heterocycles. The summed E-state index contributed by atoms with van der Waals surface area (Å²) in [5.74, 6) is -16.0. The zero-order valence-electron chi connectivity index (χ0n) is 54.3. The van der Waals surface area contributed by atoms with Gasteiger partial charge in [-0.25, -0.2) is 4.79 Å². The number of aromatic hydroxyl groups is 3. The molecule has 7 heterocycles. The van der Waals surface area contributed by atoms with Gasteiger partial charge in [-0.3, -0.25) is 33.6 Å². The number of phenols is 3. The minimum Gasteiger partial charge on any atom is -0.508 e. The number of primary amides is 1. The summed E-state index contributed by atoms with van der Waals surface area (Å²) in [5.41, 5.74) is 8.00. The Morgan fingerprint density at radius 3 is 1.90 bits per heavy atom. The molecule has 11 bridgehead atoms. The third-order valence-electron chi connectivity index (χ3n) is 17.8. The highest BCUT2D eigenvalue weighted by Crippen LogP contribution is 2.50. The van der Waals surface area contributed by atoms with Gasteiger partial charge < -0.3 is 128 Å². The van der Waals surface area contributed by atoms with Crippen LogP contribution in [0.2, 0.25) is 10.0 Å². The van der Waals surface area contributed by atoms with E-state index >= 15 is 14.4 Å². The van der Waals surface area contributed by atoms with Crippen LogP contribution < -0.4 is 62.9 Å². The number of carboxylic acid groups (broad SMARTS) is 1. The van der Waals surface area contributed by atoms with E-state index in [1.807, 2.05) is 13.8 Å². The Labute approximate surface area is 584 Å². The first-order chi connectivity index (χ1) is 47.7. The van der Waals surface area contributed by atoms with Crippen molar-refractivity contribution < 1.29 is 118 Å². The molecule has 5 aromatic carbocycles. The van der Waals surface area contributed by atoms with E-state index in [4.69, 9.17) is 63.1 Å². The molecular weight excluding hydrogens is 1370 g/mol. The monoisotopic (exact) mass is 1450 g/mol. The number of ether oxygens (including phenoxy) is 6. The number of fused-ring (bicyclic) bond motifs is 15. The van der Waals surface area contributed by atoms with Gasteiger partial charge >= 0.3 is 5.97 Å². The summed E-state index contributed by atoms with van der Waals surface area (Å²) in [7, 11) is 1.47. The number of aliphatic hydroxyl groups excluding tert-OH is 6. The van der Waals surface area contributed by atoms with Crippen molar-refractivity contribution in [2.45, 2.75) is 156 Å². The van der Waals surface area contributed by atoms with Gasteiger partial charge in [0.25, 0.3) is 0 Å². The third kappa shape index (κ3) is 15.8. The normalized spacial score (nSPS) is 29.4. The molecule has 542 valence electrons. The van der Waals surface area contributed by atoms with Crippen LogP contribution >= 0.6 is 23.2 Å². The van der Waals surface area contributed by atoms with E-state index in [0.29, 0.717) is 0 Å². The molecule has 0 saturated carbocycles. The van der Waals surface area contributed by atoms with Gasteiger partial charge in [-0.1, -0.05) is 55.2 Å². The molecule has 0 aromatic heterocycles. The molecule has 12 rings (SSSR count). The number of carbonyl (C=O) groups excluding carboxylic acids is 7. The van der Waals surface area contributed by atoms with Gasteiger partial charge in [-0.15, -0.1) is 0 Å². The van der Waals surface area contributed by atoms with Crippen LogP contribution in [-0.4, -0.2) is 191 Å². The fourth-order valence-corrected chi connectivity index (χ4v) is 12.9. The van der Waals surface area contributed by atoms with Crippen molar-refractivity contribution in [3.8, 4) is 57.1 Å². The number of likely N-dealkylation sites (N-methyl/N-ethyl adjacent to an activating group) is 1. The van der Waals surface area contributed by atoms with Crippen LogP contribution in [0.1, 0.15) is 105 Å². The highest BCUT2D eigenvalue weighted by molar-refractivity contribution is 6.32. The SMILES string of the molecule is CN[C@H](CC(C)C)C(=O)N[C@@H]1C(=O)N[C@@H](CC(N)=O)C(=O)N[C@H]2C(=O)N[C@H]3C(=O)N[C@H](C(=O)N[C@@H](C(=O)O)c4cc(O)cc(O)c4-c4cc3ccc4O)[C@H](O)c3ccc(c(Cl)c3)Oc3cc2cc(c3O[C@H]2OC(CO)[C@@H](O)C(O)[C@@H]2OC2CC(C)(N)C(O)C(C)O2)Oc2ccc(cc2Cl)[C@H]1O. The zero-order chi connectivity index (χ0) is 73.5. The lowest BCUT2D eigenvalue weighted by Gasteiger charge is -2.47. The maximum absolute atomic E-state index is 16.0. The van der Waals surface area contributed by atoms with E-state index in [9.17, 15) is 75.0 Å². The van der Waals surface area contributed by atoms with E-state index in [0.717, 1.165) is 66.7 Å². The fraction of sp³-hybridized carbons (Fsp3) is 0.424. The van der Waals surface area contributed by atoms with Crippen molar-refractivity contribution in [3.63, 3.8) is 0 Å². The summed E-state index contributed by atoms with van der Waals surface area (Å²) < 4.78 is 38.3. The van der Waals surface area contributed by atoms with Crippen molar-refractivity contribution in [2.75, 3.05) is 13.7 Å². The average Bonchev–Trinajstić information content (AvgIpc) is 0.775. The van der Waals surface area contributed by atoms with E-state index < -0.39 is 237 Å². The van der Waals surface area contributed by atoms with Crippen LogP contribution in [-0.2, 0) is 52.6 Å². The minimum absolute atomic E-state index is 0.0975. The lowest BCUT2D eigenvalue weighted by atomic mass is 9.86. The van der Waals surface area contributed by atoms with E-state index in [1.165, 1.54) is 33.0 Å². The topological polar surface area (TPSA) is 530 Å². The number of nitrogens with one attached hydrogen (secondary N) is 7. The standard InChI is InChI=1S/C66H75Cl2N9O24/c1-23(2)12-34(71-5)58(88)76-49-51(83)26-7-10-38(32(67)14-26)97-40-16-28-17-41(55(40)101-65-56(54(86)53(85)42(22-78)99-65)100-44-21-66(4,70)57(87)24(3)96-44)98-39-11-8-27(15-33(39)68)52(84)50-63(93)75-48(64(94)95)31-18-29(79)19-37(81)45(31)30-13-25(6-9-36(30)80)46(60(90)77-50)74-61(91)47(28)73-59(89)35(20-43(69)82)72-62(49)92/h6-11,13-19,23-24,34-35,42,44,46-54,56-57,65,71,78-81,83-87H,12,20-22,70H2,1-5H3,(H2,69,82)(H,72,92)(H,73,89)(H,74,91)(H,75,93)(H,76,88)(H,77,90)(H,94,95)/t24?,34-,35+,42?,44?,46-,47-,48-,49+,50+,51-,52-,53-,54?,56+,57?,65-,66?/m1/s1. The van der Waals surface area contributed by atoms with Crippen molar-refractivity contribution in [1.82, 2.24) is 37.2 Å². The van der Waals surface area contributed by atoms with Crippen LogP contribution in [0, 0.1) is 5.92 Å². The van der Waals surface area contributed by atoms with E-state index in [2.05, 4.69) is 37.2 Å². The highest BCUT2D eigenvalue weighted by Gasteiger charge is 2.51. The van der Waals surface area contributed by atoms with Crippen LogP contribution in [0.5, 0.6) is 46.0 Å². The van der Waals surface area contributed by atoms with Crippen molar-refractivity contribution in [1.29, 1.82) is 0 Å². The van der Waals surface area contributed by atoms with E-state index in [-0.39, 0.29) is 46.2 Å². The predicted octanol–water partition coefficient (Wildman–Crippen LogP) is 0.106. The van der Waals surface area contributed by atoms with Crippen molar-refractivity contribution >= 4 is 70.5 Å². The minimum atomic E-state index is -2.35. The molecule has 5 aromatic rings. The molecule has 7 aliphatic rings. The molecule has 0 aliphatic carbocycles. The van der Waals surface area contributed by atoms with Gasteiger partial charge in [-0.05, 0) is 110 Å². The first-order valence-electron chi connectivity index (χ1n) is 31.6. The lowest BCUT2D eigenvalue weighted by Crippen LogP contribution is -2.64. The summed E-state index contributed by atoms with van der Waals surface area (Å²) in [6.45, 7) is 5.66. The number of aliphatic hydroxyl groups is 6. The van der Waals surface area contributed by atoms with Crippen molar-refractivity contribution in [2.24, 2.45) is 17.4 Å². The van der Waals surface area contributed by atoms with Gasteiger partial charge in [0, 0.05) is 34.7 Å². The van der Waals surface area contributed by atoms with Gasteiger partial charge in [0.1, 0.15) is 89.5 Å². The predicted molar refractivity (Wildman–Crippen MR) is 349 cm³/mol. The van der Waals surface area contributed by atoms with Crippen molar-refractivity contribution in [3.05, 3.63) is 117 Å². The number of hydrogen-bond donors (Lipinski definition) is 19. The van der Waals surface area contributed by atoms with Gasteiger partial charge in [0.05, 0.1) is 41.3 Å². The number of carboxylic acids is 1. The fourth-order valence-electron chi connectivity index (χ4n) is 12.5. The Morgan fingerprint density at radius 1 is 0.713 bits per heavy atom. The molecule has 0 radical (unpaired) electrons. The molecule has 33 nitrogen and oxygen atoms in total. The second-order valence-corrected chi connectivity index (χ2v) is 26.5. The number of rotatable bonds is 13. The Morgan fingerprint density at radius 2 is 1.32 bits per heavy atom. The number of amides is 7.